The number of thiazole rings is 1. The number of carboxylic acids is 1. The number of anilines is 2. The highest BCUT2D eigenvalue weighted by Gasteiger charge is 2.57. The minimum atomic E-state index is -5.28. The van der Waals surface area contributed by atoms with Crippen molar-refractivity contribution in [3.8, 4) is 16.9 Å². The van der Waals surface area contributed by atoms with Crippen LogP contribution in [0.25, 0.3) is 11.1 Å². The van der Waals surface area contributed by atoms with Crippen molar-refractivity contribution in [3.63, 3.8) is 0 Å². The molecule has 1 fully saturated rings. The minimum absolute atomic E-state index is 0.0524. The minimum Gasteiger partial charge on any atom is -0.724 e. The maximum Gasteiger partial charge on any atom is 0.354 e. The van der Waals surface area contributed by atoms with Crippen LogP contribution in [0.1, 0.15) is 38.4 Å². The number of hydrogen-bond donors (Lipinski definition) is 7. The Morgan fingerprint density at radius 1 is 1.27 bits per heavy atom. The number of amides is 2. The van der Waals surface area contributed by atoms with Crippen molar-refractivity contribution in [1.82, 2.24) is 15.4 Å². The van der Waals surface area contributed by atoms with Crippen molar-refractivity contribution >= 4 is 62.7 Å². The van der Waals surface area contributed by atoms with Crippen LogP contribution in [0.5, 0.6) is 5.75 Å². The van der Waals surface area contributed by atoms with Crippen molar-refractivity contribution in [1.29, 1.82) is 0 Å². The first-order chi connectivity index (χ1) is 25.8. The van der Waals surface area contributed by atoms with E-state index in [0.717, 1.165) is 33.8 Å². The summed E-state index contributed by atoms with van der Waals surface area (Å²) in [5.74, 6) is -2.21. The molecule has 298 valence electrons. The monoisotopic (exact) mass is 807 g/mol. The summed E-state index contributed by atoms with van der Waals surface area (Å²) in [5, 5.41) is 28.6. The number of carbonyl (C=O) groups excluding carboxylic acids is 2. The Bertz CT molecular complexity index is 2070. The number of carbonyl (C=O) groups is 4. The summed E-state index contributed by atoms with van der Waals surface area (Å²) in [7, 11) is -3.38. The number of ether oxygens (including phenoxy) is 1. The number of nitrogens with one attached hydrogen (secondary N) is 2. The van der Waals surface area contributed by atoms with Crippen molar-refractivity contribution in [2.75, 3.05) is 24.1 Å². The number of nitrogens with two attached hydrogens (primary N) is 3. The smallest absolute Gasteiger partial charge is 0.354 e. The number of aryl methyl sites for hydroxylation is 2. The summed E-state index contributed by atoms with van der Waals surface area (Å²) in [4.78, 5) is 56.8. The van der Waals surface area contributed by atoms with Crippen molar-refractivity contribution < 1.29 is 60.8 Å². The molecule has 0 spiro atoms. The molecule has 0 bridgehead atoms. The molecule has 1 saturated heterocycles. The lowest BCUT2D eigenvalue weighted by molar-refractivity contribution is -0.656. The fourth-order valence-corrected chi connectivity index (χ4v) is 6.70. The van der Waals surface area contributed by atoms with Crippen molar-refractivity contribution in [2.45, 2.75) is 62.9 Å². The molecule has 3 aromatic rings. The van der Waals surface area contributed by atoms with Gasteiger partial charge in [-0.05, 0) is 62.9 Å². The third-order valence-electron chi connectivity index (χ3n) is 8.86. The van der Waals surface area contributed by atoms with E-state index < -0.39 is 57.2 Å². The largest absolute Gasteiger partial charge is 0.724 e. The maximum absolute atomic E-state index is 13.5. The zero-order valence-corrected chi connectivity index (χ0v) is 31.6. The van der Waals surface area contributed by atoms with Gasteiger partial charge in [-0.25, -0.2) is 22.8 Å². The maximum atomic E-state index is 13.5. The van der Waals surface area contributed by atoms with E-state index in [0.29, 0.717) is 30.3 Å². The van der Waals surface area contributed by atoms with Crippen molar-refractivity contribution in [2.24, 2.45) is 23.7 Å². The summed E-state index contributed by atoms with van der Waals surface area (Å²) >= 11 is 0.960. The molecule has 21 nitrogen and oxygen atoms in total. The van der Waals surface area contributed by atoms with Gasteiger partial charge in [0.2, 0.25) is 10.4 Å². The molecule has 5 rings (SSSR count). The second kappa shape index (κ2) is 16.9. The number of hydroxylamine groups is 2. The molecule has 55 heavy (non-hydrogen) atoms. The van der Waals surface area contributed by atoms with Gasteiger partial charge in [0.25, 0.3) is 29.7 Å². The molecule has 0 saturated carbocycles. The normalized spacial score (nSPS) is 18.7. The van der Waals surface area contributed by atoms with E-state index in [1.165, 1.54) is 26.2 Å². The van der Waals surface area contributed by atoms with E-state index in [-0.39, 0.29) is 29.8 Å². The highest BCUT2D eigenvalue weighted by molar-refractivity contribution is 7.80. The quantitative estimate of drug-likeness (QED) is 0.0197. The third kappa shape index (κ3) is 9.44. The lowest BCUT2D eigenvalue weighted by atomic mass is 9.84. The molecule has 0 radical (unpaired) electrons. The van der Waals surface area contributed by atoms with Gasteiger partial charge >= 0.3 is 5.97 Å². The molecule has 3 atom stereocenters. The number of nitrogen functional groups attached to an aromatic ring is 1. The topological polar surface area (TPSA) is 328 Å². The van der Waals surface area contributed by atoms with E-state index >= 15 is 0 Å². The summed E-state index contributed by atoms with van der Waals surface area (Å²) in [5.41, 5.74) is 15.8. The summed E-state index contributed by atoms with van der Waals surface area (Å²) in [6.45, 7) is 4.46. The summed E-state index contributed by atoms with van der Waals surface area (Å²) in [6.07, 6.45) is 1.53. The van der Waals surface area contributed by atoms with E-state index in [1.807, 2.05) is 42.1 Å². The van der Waals surface area contributed by atoms with E-state index in [9.17, 15) is 32.5 Å². The van der Waals surface area contributed by atoms with E-state index in [2.05, 4.69) is 25.1 Å². The van der Waals surface area contributed by atoms with Crippen LogP contribution in [0, 0.1) is 0 Å². The first-order valence-corrected chi connectivity index (χ1v) is 18.6. The molecule has 2 aliphatic heterocycles. The van der Waals surface area contributed by atoms with Crippen LogP contribution in [0.2, 0.25) is 0 Å². The van der Waals surface area contributed by atoms with Gasteiger partial charge in [-0.1, -0.05) is 11.2 Å². The van der Waals surface area contributed by atoms with Gasteiger partial charge in [0, 0.05) is 30.1 Å². The molecule has 4 heterocycles. The number of carboxylic acid groups (broad SMARTS) is 2. The Hall–Kier alpha value is -5.46. The molecule has 1 unspecified atom stereocenters. The Labute approximate surface area is 318 Å². The van der Waals surface area contributed by atoms with E-state index in [1.54, 1.807) is 6.07 Å². The Morgan fingerprint density at radius 2 is 1.93 bits per heavy atom. The van der Waals surface area contributed by atoms with Gasteiger partial charge in [-0.15, -0.1) is 11.3 Å². The predicted molar refractivity (Wildman–Crippen MR) is 194 cm³/mol. The fourth-order valence-electron chi connectivity index (χ4n) is 5.70. The standard InChI is InChI=1S/C31H39N9O10S2.CH2O2/c1-30(2)25(27(42)40(30)50-52(45,46)47)37-26(41)24(20-15-51-29(34)36-20)38-49-31(3,28(43)44)22-9-6-17-11-16(5-8-21(17)48-22)18-7-10-23(39(4)14-18)35-19(12-32)13-33;2-1-3/h5,7-8,10-11,14-15,19,22,25H,6,9,12-13,32-33H2,1-4H3,(H5,34,36,37,41,43,44,45,46,47);1H,(H,2,3)/b38-24-;/t22-,25-,31?;/m1./s1. The van der Waals surface area contributed by atoms with Crippen LogP contribution in [-0.2, 0) is 52.2 Å². The predicted octanol–water partition coefficient (Wildman–Crippen LogP) is -0.929. The van der Waals surface area contributed by atoms with Gasteiger partial charge in [-0.3, -0.25) is 19.7 Å². The summed E-state index contributed by atoms with van der Waals surface area (Å²) < 4.78 is 45.5. The van der Waals surface area contributed by atoms with Gasteiger partial charge in [0.05, 0.1) is 18.8 Å². The number of benzene rings is 1. The third-order valence-corrected chi connectivity index (χ3v) is 9.86. The number of oxime groups is 1. The van der Waals surface area contributed by atoms with Crippen LogP contribution >= 0.6 is 11.3 Å². The van der Waals surface area contributed by atoms with E-state index in [4.69, 9.17) is 36.7 Å². The number of hydrogen-bond acceptors (Lipinski definition) is 17. The number of nitrogens with zero attached hydrogens (tertiary/aromatic N) is 4. The molecular weight excluding hydrogens is 767 g/mol. The number of fused-ring (bicyclic) bond motifs is 1. The van der Waals surface area contributed by atoms with Gasteiger partial charge in [0.1, 0.15) is 23.5 Å². The number of aliphatic carboxylic acids is 1. The van der Waals surface area contributed by atoms with Crippen LogP contribution in [0.15, 0.2) is 47.1 Å². The first-order valence-electron chi connectivity index (χ1n) is 16.3. The fraction of sp³-hybridized carbons (Fsp3) is 0.406. The van der Waals surface area contributed by atoms with Crippen LogP contribution < -0.4 is 37.1 Å². The molecule has 10 N–H and O–H groups in total. The number of aromatic nitrogens is 2. The van der Waals surface area contributed by atoms with Gasteiger partial charge in [0.15, 0.2) is 16.9 Å². The molecular formula is C32H41N9O12S2. The number of pyridine rings is 1. The number of β-lactam (4-membered cyclic amide) rings is 1. The zero-order chi connectivity index (χ0) is 40.9. The molecule has 1 aromatic carbocycles. The van der Waals surface area contributed by atoms with Crippen LogP contribution in [0.4, 0.5) is 10.9 Å². The van der Waals surface area contributed by atoms with Gasteiger partial charge < -0.3 is 46.9 Å². The second-order valence-corrected chi connectivity index (χ2v) is 14.8. The second-order valence-electron chi connectivity index (χ2n) is 13.0. The Morgan fingerprint density at radius 3 is 2.47 bits per heavy atom. The lowest BCUT2D eigenvalue weighted by Gasteiger charge is -2.51. The molecule has 2 aliphatic rings. The van der Waals surface area contributed by atoms with Crippen LogP contribution in [-0.4, -0.2) is 106 Å². The SMILES string of the molecule is C[n+]1cc(-c2ccc3c(c2)CC[C@H](C(C)(O/N=C(\C(=O)N[C@@H]2C(=O)N(OS(=O)(=O)[O-])C2(C)C)c2csc(N)n2)C(=O)O)O3)ccc1NC(CN)CN.O=CO. The molecule has 2 amide bonds. The van der Waals surface area contributed by atoms with Gasteiger partial charge in [-0.2, -0.15) is 9.35 Å². The molecule has 0 aliphatic carbocycles. The Kier molecular flexibility index (Phi) is 13.0. The first kappa shape index (κ1) is 42.3. The Balaban J connectivity index is 0.00000217. The molecule has 2 aromatic heterocycles. The molecule has 23 heteroatoms. The summed E-state index contributed by atoms with van der Waals surface area (Å²) in [6, 6.07) is 8.01. The highest BCUT2D eigenvalue weighted by Crippen LogP contribution is 2.37. The van der Waals surface area contributed by atoms with Crippen LogP contribution in [0.3, 0.4) is 0 Å². The van der Waals surface area contributed by atoms with Crippen molar-refractivity contribution in [3.05, 3.63) is 53.2 Å². The number of rotatable bonds is 14. The average Bonchev–Trinajstić information content (AvgIpc) is 3.56. The lowest BCUT2D eigenvalue weighted by Crippen LogP contribution is -2.76. The zero-order valence-electron chi connectivity index (χ0n) is 30.0. The average molecular weight is 808 g/mol. The highest BCUT2D eigenvalue weighted by atomic mass is 32.3.